The summed E-state index contributed by atoms with van der Waals surface area (Å²) in [5.74, 6) is -0.664. The fourth-order valence-electron chi connectivity index (χ4n) is 0.913. The van der Waals surface area contributed by atoms with Gasteiger partial charge in [-0.25, -0.2) is 4.39 Å². The summed E-state index contributed by atoms with van der Waals surface area (Å²) in [6, 6.07) is 1.10. The maximum absolute atomic E-state index is 13.0. The molecule has 0 heterocycles. The molecule has 6 heteroatoms. The summed E-state index contributed by atoms with van der Waals surface area (Å²) in [5, 5.41) is 10.4. The molecule has 1 aromatic carbocycles. The van der Waals surface area contributed by atoms with Gasteiger partial charge >= 0.3 is 0 Å². The molecule has 13 heavy (non-hydrogen) atoms. The Labute approximate surface area is 81.8 Å². The average Bonchev–Trinajstić information content (AvgIpc) is 2.07. The van der Waals surface area contributed by atoms with Gasteiger partial charge < -0.3 is 5.73 Å². The molecular formula is C7H6BrFN2O2. The van der Waals surface area contributed by atoms with Crippen LogP contribution in [0.15, 0.2) is 10.5 Å². The summed E-state index contributed by atoms with van der Waals surface area (Å²) in [7, 11) is 0. The van der Waals surface area contributed by atoms with Crippen LogP contribution in [0.1, 0.15) is 5.56 Å². The van der Waals surface area contributed by atoms with E-state index >= 15 is 0 Å². The molecule has 0 bridgehead atoms. The highest BCUT2D eigenvalue weighted by atomic mass is 79.9. The Morgan fingerprint density at radius 2 is 2.23 bits per heavy atom. The maximum atomic E-state index is 13.0. The zero-order valence-electron chi connectivity index (χ0n) is 6.67. The molecule has 0 saturated carbocycles. The van der Waals surface area contributed by atoms with Crippen molar-refractivity contribution in [1.29, 1.82) is 0 Å². The molecule has 1 rings (SSSR count). The molecule has 2 N–H and O–H groups in total. The van der Waals surface area contributed by atoms with Crippen molar-refractivity contribution in [2.75, 3.05) is 5.73 Å². The fourth-order valence-corrected chi connectivity index (χ4v) is 1.34. The van der Waals surface area contributed by atoms with Crippen LogP contribution in [0.3, 0.4) is 0 Å². The van der Waals surface area contributed by atoms with Crippen LogP contribution in [0, 0.1) is 22.9 Å². The number of hydrogen-bond donors (Lipinski definition) is 1. The number of hydrogen-bond acceptors (Lipinski definition) is 3. The zero-order valence-corrected chi connectivity index (χ0v) is 8.26. The monoisotopic (exact) mass is 248 g/mol. The number of nitro benzene ring substituents is 1. The molecule has 0 saturated heterocycles. The Balaban J connectivity index is 3.50. The van der Waals surface area contributed by atoms with Crippen LogP contribution in [0.4, 0.5) is 15.8 Å². The normalized spacial score (nSPS) is 10.1. The second kappa shape index (κ2) is 3.29. The minimum atomic E-state index is -0.664. The number of benzene rings is 1. The summed E-state index contributed by atoms with van der Waals surface area (Å²) in [4.78, 5) is 9.84. The van der Waals surface area contributed by atoms with Crippen molar-refractivity contribution >= 4 is 27.3 Å². The third kappa shape index (κ3) is 1.62. The van der Waals surface area contributed by atoms with E-state index in [2.05, 4.69) is 15.9 Å². The number of nitrogens with zero attached hydrogens (tertiary/aromatic N) is 1. The minimum Gasteiger partial charge on any atom is -0.396 e. The van der Waals surface area contributed by atoms with Gasteiger partial charge in [0.05, 0.1) is 20.6 Å². The molecular weight excluding hydrogens is 243 g/mol. The fraction of sp³-hybridized carbons (Fsp3) is 0.143. The Bertz CT molecular complexity index is 381. The number of nitrogen functional groups attached to an aromatic ring is 1. The second-order valence-corrected chi connectivity index (χ2v) is 3.34. The first kappa shape index (κ1) is 9.91. The van der Waals surface area contributed by atoms with Gasteiger partial charge in [-0.15, -0.1) is 0 Å². The molecule has 0 aliphatic heterocycles. The third-order valence-corrected chi connectivity index (χ3v) is 2.27. The van der Waals surface area contributed by atoms with Crippen molar-refractivity contribution < 1.29 is 9.31 Å². The largest absolute Gasteiger partial charge is 0.396 e. The van der Waals surface area contributed by atoms with E-state index < -0.39 is 10.7 Å². The van der Waals surface area contributed by atoms with E-state index in [1.807, 2.05) is 0 Å². The summed E-state index contributed by atoms with van der Waals surface area (Å²) in [5.41, 5.74) is 5.07. The van der Waals surface area contributed by atoms with E-state index in [0.29, 0.717) is 0 Å². The van der Waals surface area contributed by atoms with Crippen molar-refractivity contribution in [1.82, 2.24) is 0 Å². The lowest BCUT2D eigenvalue weighted by atomic mass is 10.1. The topological polar surface area (TPSA) is 69.2 Å². The van der Waals surface area contributed by atoms with Gasteiger partial charge in [-0.2, -0.15) is 0 Å². The molecule has 70 valence electrons. The number of rotatable bonds is 1. The lowest BCUT2D eigenvalue weighted by molar-refractivity contribution is -0.385. The van der Waals surface area contributed by atoms with E-state index in [-0.39, 0.29) is 21.4 Å². The Hall–Kier alpha value is -1.17. The molecule has 0 fully saturated rings. The molecule has 0 aliphatic carbocycles. The molecule has 0 atom stereocenters. The number of halogens is 2. The van der Waals surface area contributed by atoms with E-state index in [0.717, 1.165) is 6.07 Å². The summed E-state index contributed by atoms with van der Waals surface area (Å²) < 4.78 is 13.0. The molecule has 0 unspecified atom stereocenters. The van der Waals surface area contributed by atoms with Gasteiger partial charge in [0.15, 0.2) is 5.82 Å². The van der Waals surface area contributed by atoms with Gasteiger partial charge in [0, 0.05) is 6.07 Å². The minimum absolute atomic E-state index is 0.00213. The van der Waals surface area contributed by atoms with Crippen molar-refractivity contribution in [2.45, 2.75) is 6.92 Å². The summed E-state index contributed by atoms with van der Waals surface area (Å²) in [6.07, 6.45) is 0. The van der Waals surface area contributed by atoms with E-state index in [1.165, 1.54) is 6.92 Å². The first-order valence-electron chi connectivity index (χ1n) is 3.33. The average molecular weight is 249 g/mol. The predicted octanol–water partition coefficient (Wildman–Crippen LogP) is 2.39. The Morgan fingerprint density at radius 3 is 2.69 bits per heavy atom. The van der Waals surface area contributed by atoms with E-state index in [4.69, 9.17) is 5.73 Å². The molecule has 0 aromatic heterocycles. The zero-order chi connectivity index (χ0) is 10.2. The van der Waals surface area contributed by atoms with Crippen LogP contribution in [-0.4, -0.2) is 4.92 Å². The van der Waals surface area contributed by atoms with Gasteiger partial charge in [-0.3, -0.25) is 10.1 Å². The molecule has 0 spiro atoms. The molecule has 0 amide bonds. The smallest absolute Gasteiger partial charge is 0.275 e. The number of nitrogens with two attached hydrogens (primary N) is 1. The highest BCUT2D eigenvalue weighted by molar-refractivity contribution is 9.10. The number of nitro groups is 1. The number of anilines is 1. The molecule has 4 nitrogen and oxygen atoms in total. The first-order chi connectivity index (χ1) is 5.95. The van der Waals surface area contributed by atoms with E-state index in [1.54, 1.807) is 0 Å². The second-order valence-electron chi connectivity index (χ2n) is 2.49. The summed E-state index contributed by atoms with van der Waals surface area (Å²) >= 11 is 2.84. The van der Waals surface area contributed by atoms with Crippen LogP contribution >= 0.6 is 15.9 Å². The van der Waals surface area contributed by atoms with Crippen LogP contribution in [0.25, 0.3) is 0 Å². The summed E-state index contributed by atoms with van der Waals surface area (Å²) in [6.45, 7) is 1.41. The molecule has 0 aliphatic rings. The molecule has 0 radical (unpaired) electrons. The SMILES string of the molecule is Cc1c([N+](=O)[O-])cc(Br)c(F)c1N. The van der Waals surface area contributed by atoms with Gasteiger partial charge in [-0.05, 0) is 22.9 Å². The first-order valence-corrected chi connectivity index (χ1v) is 4.13. The molecule has 1 aromatic rings. The van der Waals surface area contributed by atoms with Crippen LogP contribution < -0.4 is 5.73 Å². The van der Waals surface area contributed by atoms with Gasteiger partial charge in [-0.1, -0.05) is 0 Å². The van der Waals surface area contributed by atoms with Gasteiger partial charge in [0.25, 0.3) is 5.69 Å². The van der Waals surface area contributed by atoms with Crippen LogP contribution in [0.2, 0.25) is 0 Å². The predicted molar refractivity (Wildman–Crippen MR) is 49.9 cm³/mol. The maximum Gasteiger partial charge on any atom is 0.275 e. The van der Waals surface area contributed by atoms with Crippen molar-refractivity contribution in [3.05, 3.63) is 32.0 Å². The van der Waals surface area contributed by atoms with Gasteiger partial charge in [0.1, 0.15) is 0 Å². The highest BCUT2D eigenvalue weighted by Crippen LogP contribution is 2.31. The Kier molecular flexibility index (Phi) is 2.51. The van der Waals surface area contributed by atoms with Crippen LogP contribution in [0.5, 0.6) is 0 Å². The lowest BCUT2D eigenvalue weighted by Crippen LogP contribution is -2.00. The van der Waals surface area contributed by atoms with Crippen LogP contribution in [-0.2, 0) is 0 Å². The van der Waals surface area contributed by atoms with Crippen molar-refractivity contribution in [3.8, 4) is 0 Å². The van der Waals surface area contributed by atoms with Crippen molar-refractivity contribution in [3.63, 3.8) is 0 Å². The Morgan fingerprint density at radius 1 is 1.69 bits per heavy atom. The van der Waals surface area contributed by atoms with Gasteiger partial charge in [0.2, 0.25) is 0 Å². The quantitative estimate of drug-likeness (QED) is 0.472. The third-order valence-electron chi connectivity index (χ3n) is 1.69. The lowest BCUT2D eigenvalue weighted by Gasteiger charge is -2.03. The standard InChI is InChI=1S/C7H6BrFN2O2/c1-3-5(11(12)13)2-4(8)6(9)7(3)10/h2H,10H2,1H3. The highest BCUT2D eigenvalue weighted by Gasteiger charge is 2.18. The van der Waals surface area contributed by atoms with E-state index in [9.17, 15) is 14.5 Å². The van der Waals surface area contributed by atoms with Crippen molar-refractivity contribution in [2.24, 2.45) is 0 Å².